The van der Waals surface area contributed by atoms with E-state index in [1.165, 1.54) is 0 Å². The van der Waals surface area contributed by atoms with Crippen molar-refractivity contribution in [2.24, 2.45) is 0 Å². The third kappa shape index (κ3) is 3.30. The maximum absolute atomic E-state index is 12.8. The second-order valence-corrected chi connectivity index (χ2v) is 3.90. The Bertz CT molecular complexity index is 428. The molecule has 1 unspecified atom stereocenters. The predicted molar refractivity (Wildman–Crippen MR) is 35.7 cm³/mol. The van der Waals surface area contributed by atoms with Gasteiger partial charge in [0.15, 0.2) is 0 Å². The zero-order valence-electron chi connectivity index (χ0n) is 10.6. The van der Waals surface area contributed by atoms with E-state index in [0.717, 1.165) is 0 Å². The molecule has 0 bridgehead atoms. The smallest absolute Gasteiger partial charge is 0.813 e. The van der Waals surface area contributed by atoms with Crippen molar-refractivity contribution in [1.29, 1.82) is 0 Å². The molecule has 24 heavy (non-hydrogen) atoms. The maximum atomic E-state index is 12.8. The summed E-state index contributed by atoms with van der Waals surface area (Å²) >= 11 is 0. The first kappa shape index (κ1) is 26.1. The van der Waals surface area contributed by atoms with Gasteiger partial charge >= 0.3 is 65.6 Å². The molecule has 0 aliphatic carbocycles. The molecule has 0 aliphatic rings. The van der Waals surface area contributed by atoms with Crippen molar-refractivity contribution in [2.45, 2.75) is 41.9 Å². The van der Waals surface area contributed by atoms with Crippen LogP contribution in [0.5, 0.6) is 0 Å². The third-order valence-corrected chi connectivity index (χ3v) is 2.38. The van der Waals surface area contributed by atoms with Gasteiger partial charge in [-0.2, -0.15) is 57.1 Å². The minimum absolute atomic E-state index is 0. The standard InChI is InChI=1S/C7F15O.Na/c8-1(5(14,15)16,6(17,18)19)2(9,10)3(11,12)4(13,23)7(20,21)22;/q-1;+1. The van der Waals surface area contributed by atoms with Crippen LogP contribution in [0.4, 0.5) is 65.9 Å². The molecular formula is C7F15NaO. The fourth-order valence-corrected chi connectivity index (χ4v) is 1.11. The minimum Gasteiger partial charge on any atom is -0.813 e. The number of halogens is 15. The quantitative estimate of drug-likeness (QED) is 0.498. The van der Waals surface area contributed by atoms with Crippen LogP contribution in [0.15, 0.2) is 0 Å². The SMILES string of the molecule is [Na+].[O-]C(F)(C(F)(F)F)C(F)(F)C(F)(F)C(F)(C(F)(F)F)C(F)(F)F. The summed E-state index contributed by atoms with van der Waals surface area (Å²) in [5.41, 5.74) is -8.34. The average Bonchev–Trinajstić information content (AvgIpc) is 2.22. The third-order valence-electron chi connectivity index (χ3n) is 2.38. The number of rotatable bonds is 3. The van der Waals surface area contributed by atoms with Gasteiger partial charge in [-0.15, -0.1) is 0 Å². The average molecular weight is 408 g/mol. The zero-order valence-corrected chi connectivity index (χ0v) is 12.6. The second-order valence-electron chi connectivity index (χ2n) is 3.90. The summed E-state index contributed by atoms with van der Waals surface area (Å²) in [6.07, 6.45) is -23.5. The fraction of sp³-hybridized carbons (Fsp3) is 1.00. The van der Waals surface area contributed by atoms with Gasteiger partial charge in [0.05, 0.1) is 0 Å². The van der Waals surface area contributed by atoms with Gasteiger partial charge in [0.25, 0.3) is 0 Å². The van der Waals surface area contributed by atoms with Gasteiger partial charge in [-0.3, -0.25) is 0 Å². The topological polar surface area (TPSA) is 23.1 Å². The number of hydrogen-bond donors (Lipinski definition) is 0. The van der Waals surface area contributed by atoms with E-state index < -0.39 is 41.9 Å². The van der Waals surface area contributed by atoms with Crippen molar-refractivity contribution in [2.75, 3.05) is 0 Å². The molecule has 0 fully saturated rings. The summed E-state index contributed by atoms with van der Waals surface area (Å²) in [6.45, 7) is 0. The van der Waals surface area contributed by atoms with Crippen molar-refractivity contribution in [3.8, 4) is 0 Å². The monoisotopic (exact) mass is 408 g/mol. The molecule has 1 nitrogen and oxygen atoms in total. The van der Waals surface area contributed by atoms with Crippen LogP contribution < -0.4 is 34.7 Å². The van der Waals surface area contributed by atoms with Crippen LogP contribution in [0.3, 0.4) is 0 Å². The first-order valence-corrected chi connectivity index (χ1v) is 4.54. The largest absolute Gasteiger partial charge is 1.00 e. The van der Waals surface area contributed by atoms with Crippen LogP contribution in [-0.4, -0.2) is 41.9 Å². The molecule has 0 rings (SSSR count). The van der Waals surface area contributed by atoms with E-state index in [9.17, 15) is 71.0 Å². The van der Waals surface area contributed by atoms with Crippen LogP contribution in [0.2, 0.25) is 0 Å². The Hall–Kier alpha value is -0.0900. The van der Waals surface area contributed by atoms with Crippen molar-refractivity contribution in [3.05, 3.63) is 0 Å². The van der Waals surface area contributed by atoms with Crippen LogP contribution in [0.1, 0.15) is 0 Å². The summed E-state index contributed by atoms with van der Waals surface area (Å²) in [4.78, 5) is 0. The molecule has 0 heterocycles. The van der Waals surface area contributed by atoms with Crippen LogP contribution in [-0.2, 0) is 0 Å². The number of hydrogen-bond acceptors (Lipinski definition) is 1. The van der Waals surface area contributed by atoms with E-state index in [0.29, 0.717) is 0 Å². The number of alkyl halides is 15. The van der Waals surface area contributed by atoms with Crippen molar-refractivity contribution in [1.82, 2.24) is 0 Å². The van der Waals surface area contributed by atoms with Crippen LogP contribution in [0, 0.1) is 0 Å². The molecule has 0 spiro atoms. The predicted octanol–water partition coefficient (Wildman–Crippen LogP) is 0.682. The Labute approximate surface area is 143 Å². The molecule has 0 aromatic rings. The molecule has 0 N–H and O–H groups in total. The van der Waals surface area contributed by atoms with Crippen molar-refractivity contribution < 1.29 is 101 Å². The normalized spacial score (nSPS) is 18.0. The van der Waals surface area contributed by atoms with E-state index >= 15 is 0 Å². The van der Waals surface area contributed by atoms with Gasteiger partial charge in [0.1, 0.15) is 0 Å². The van der Waals surface area contributed by atoms with Crippen molar-refractivity contribution in [3.63, 3.8) is 0 Å². The van der Waals surface area contributed by atoms with Crippen LogP contribution in [0.25, 0.3) is 0 Å². The molecule has 0 amide bonds. The molecule has 140 valence electrons. The Morgan fingerprint density at radius 2 is 0.667 bits per heavy atom. The molecule has 0 radical (unpaired) electrons. The Kier molecular flexibility index (Phi) is 6.82. The fourth-order valence-electron chi connectivity index (χ4n) is 1.11. The summed E-state index contributed by atoms with van der Waals surface area (Å²) < 4.78 is 182. The maximum Gasteiger partial charge on any atom is 1.00 e. The summed E-state index contributed by atoms with van der Waals surface area (Å²) in [5, 5.41) is 9.97. The van der Waals surface area contributed by atoms with Crippen LogP contribution >= 0.6 is 0 Å². The van der Waals surface area contributed by atoms with E-state index in [1.807, 2.05) is 0 Å². The van der Waals surface area contributed by atoms with Gasteiger partial charge in [0.2, 0.25) is 5.85 Å². The molecule has 0 saturated heterocycles. The molecule has 0 saturated carbocycles. The van der Waals surface area contributed by atoms with E-state index in [2.05, 4.69) is 0 Å². The molecular weight excluding hydrogens is 408 g/mol. The van der Waals surface area contributed by atoms with E-state index in [4.69, 9.17) is 0 Å². The Morgan fingerprint density at radius 1 is 0.417 bits per heavy atom. The molecule has 0 aliphatic heterocycles. The first-order chi connectivity index (χ1) is 9.50. The van der Waals surface area contributed by atoms with E-state index in [1.54, 1.807) is 0 Å². The minimum atomic E-state index is -8.50. The molecule has 0 aromatic heterocycles. The zero-order chi connectivity index (χ0) is 19.5. The molecule has 0 aromatic carbocycles. The first-order valence-electron chi connectivity index (χ1n) is 4.54. The van der Waals surface area contributed by atoms with Crippen molar-refractivity contribution >= 4 is 0 Å². The molecule has 1 atom stereocenters. The van der Waals surface area contributed by atoms with E-state index in [-0.39, 0.29) is 29.6 Å². The summed E-state index contributed by atoms with van der Waals surface area (Å²) in [7, 11) is 0. The second kappa shape index (κ2) is 6.26. The molecule has 17 heteroatoms. The summed E-state index contributed by atoms with van der Waals surface area (Å²) in [5.74, 6) is -24.7. The van der Waals surface area contributed by atoms with Gasteiger partial charge in [0, 0.05) is 0 Å². The summed E-state index contributed by atoms with van der Waals surface area (Å²) in [6, 6.07) is 0. The Balaban J connectivity index is 0. The van der Waals surface area contributed by atoms with Gasteiger partial charge < -0.3 is 5.11 Å². The van der Waals surface area contributed by atoms with Gasteiger partial charge in [-0.05, 0) is 0 Å². The van der Waals surface area contributed by atoms with Gasteiger partial charge in [-0.25, -0.2) is 8.78 Å². The Morgan fingerprint density at radius 3 is 0.833 bits per heavy atom. The van der Waals surface area contributed by atoms with Gasteiger partial charge in [-0.1, -0.05) is 0 Å².